The zero-order chi connectivity index (χ0) is 9.84. The Morgan fingerprint density at radius 2 is 2.31 bits per heavy atom. The van der Waals surface area contributed by atoms with Gasteiger partial charge in [0, 0.05) is 17.7 Å². The molecule has 0 aliphatic rings. The van der Waals surface area contributed by atoms with Crippen LogP contribution in [0.3, 0.4) is 0 Å². The molecule has 3 heteroatoms. The van der Waals surface area contributed by atoms with Crippen molar-refractivity contribution in [2.45, 2.75) is 6.10 Å². The number of halogens is 1. The van der Waals surface area contributed by atoms with E-state index < -0.39 is 0 Å². The van der Waals surface area contributed by atoms with Crippen molar-refractivity contribution < 1.29 is 9.84 Å². The van der Waals surface area contributed by atoms with Crippen LogP contribution in [0.25, 0.3) is 0 Å². The molecule has 0 saturated carbocycles. The largest absolute Gasteiger partial charge is 0.508 e. The van der Waals surface area contributed by atoms with Crippen LogP contribution in [-0.2, 0) is 4.74 Å². The predicted octanol–water partition coefficient (Wildman–Crippen LogP) is 2.92. The highest BCUT2D eigenvalue weighted by Crippen LogP contribution is 2.29. The summed E-state index contributed by atoms with van der Waals surface area (Å²) < 4.78 is 5.08. The Hall–Kier alpha value is -0.990. The lowest BCUT2D eigenvalue weighted by Crippen LogP contribution is -1.97. The molecule has 0 aliphatic carbocycles. The SMILES string of the molecule is C=CC(OC)c1cc(Cl)ccc1O. The third-order valence-corrected chi connectivity index (χ3v) is 2.00. The van der Waals surface area contributed by atoms with E-state index in [4.69, 9.17) is 16.3 Å². The van der Waals surface area contributed by atoms with Gasteiger partial charge in [0.15, 0.2) is 0 Å². The van der Waals surface area contributed by atoms with Crippen molar-refractivity contribution >= 4 is 11.6 Å². The molecule has 0 aliphatic heterocycles. The summed E-state index contributed by atoms with van der Waals surface area (Å²) in [4.78, 5) is 0. The summed E-state index contributed by atoms with van der Waals surface area (Å²) in [6, 6.07) is 4.82. The van der Waals surface area contributed by atoms with E-state index in [1.165, 1.54) is 6.07 Å². The molecule has 70 valence electrons. The molecule has 13 heavy (non-hydrogen) atoms. The van der Waals surface area contributed by atoms with Crippen LogP contribution in [0.2, 0.25) is 5.02 Å². The van der Waals surface area contributed by atoms with Crippen molar-refractivity contribution in [2.75, 3.05) is 7.11 Å². The minimum Gasteiger partial charge on any atom is -0.508 e. The summed E-state index contributed by atoms with van der Waals surface area (Å²) in [5.74, 6) is 0.163. The van der Waals surface area contributed by atoms with Gasteiger partial charge < -0.3 is 9.84 Å². The van der Waals surface area contributed by atoms with Crippen LogP contribution in [-0.4, -0.2) is 12.2 Å². The Labute approximate surface area is 82.4 Å². The van der Waals surface area contributed by atoms with E-state index in [0.29, 0.717) is 10.6 Å². The summed E-state index contributed by atoms with van der Waals surface area (Å²) >= 11 is 5.77. The fraction of sp³-hybridized carbons (Fsp3) is 0.200. The highest BCUT2D eigenvalue weighted by molar-refractivity contribution is 6.30. The first-order valence-corrected chi connectivity index (χ1v) is 4.20. The van der Waals surface area contributed by atoms with Crippen LogP contribution in [0.1, 0.15) is 11.7 Å². The number of phenolic OH excluding ortho intramolecular Hbond substituents is 1. The Kier molecular flexibility index (Phi) is 3.34. The van der Waals surface area contributed by atoms with Gasteiger partial charge in [0.2, 0.25) is 0 Å². The van der Waals surface area contributed by atoms with E-state index in [0.717, 1.165) is 0 Å². The van der Waals surface area contributed by atoms with E-state index in [-0.39, 0.29) is 11.9 Å². The highest BCUT2D eigenvalue weighted by Gasteiger charge is 2.10. The molecule has 1 aromatic rings. The zero-order valence-corrected chi connectivity index (χ0v) is 8.08. The van der Waals surface area contributed by atoms with Gasteiger partial charge in [0.05, 0.1) is 0 Å². The molecule has 0 saturated heterocycles. The van der Waals surface area contributed by atoms with Gasteiger partial charge >= 0.3 is 0 Å². The van der Waals surface area contributed by atoms with E-state index >= 15 is 0 Å². The maximum absolute atomic E-state index is 9.48. The molecule has 0 amide bonds. The number of benzene rings is 1. The molecular weight excluding hydrogens is 188 g/mol. The van der Waals surface area contributed by atoms with E-state index in [1.807, 2.05) is 0 Å². The van der Waals surface area contributed by atoms with Gasteiger partial charge in [-0.2, -0.15) is 0 Å². The molecule has 1 atom stereocenters. The zero-order valence-electron chi connectivity index (χ0n) is 7.33. The fourth-order valence-electron chi connectivity index (χ4n) is 1.10. The van der Waals surface area contributed by atoms with Crippen LogP contribution >= 0.6 is 11.6 Å². The summed E-state index contributed by atoms with van der Waals surface area (Å²) in [5.41, 5.74) is 0.630. The second-order valence-electron chi connectivity index (χ2n) is 2.60. The van der Waals surface area contributed by atoms with Crippen LogP contribution < -0.4 is 0 Å². The summed E-state index contributed by atoms with van der Waals surface area (Å²) in [6.45, 7) is 3.60. The maximum Gasteiger partial charge on any atom is 0.121 e. The minimum atomic E-state index is -0.321. The third-order valence-electron chi connectivity index (χ3n) is 1.76. The normalized spacial score (nSPS) is 12.5. The fourth-order valence-corrected chi connectivity index (χ4v) is 1.28. The highest BCUT2D eigenvalue weighted by atomic mass is 35.5. The van der Waals surface area contributed by atoms with Crippen molar-refractivity contribution in [3.8, 4) is 5.75 Å². The molecule has 0 aromatic heterocycles. The van der Waals surface area contributed by atoms with Gasteiger partial charge in [-0.15, -0.1) is 6.58 Å². The van der Waals surface area contributed by atoms with Gasteiger partial charge in [0.25, 0.3) is 0 Å². The number of phenols is 1. The molecule has 0 bridgehead atoms. The van der Waals surface area contributed by atoms with Gasteiger partial charge in [-0.25, -0.2) is 0 Å². The van der Waals surface area contributed by atoms with Crippen LogP contribution in [0.15, 0.2) is 30.9 Å². The average molecular weight is 199 g/mol. The average Bonchev–Trinajstić information content (AvgIpc) is 2.13. The molecule has 1 rings (SSSR count). The summed E-state index contributed by atoms with van der Waals surface area (Å²) in [7, 11) is 1.55. The molecule has 0 heterocycles. The summed E-state index contributed by atoms with van der Waals surface area (Å²) in [5, 5.41) is 10.0. The topological polar surface area (TPSA) is 29.5 Å². The van der Waals surface area contributed by atoms with Crippen molar-refractivity contribution in [1.82, 2.24) is 0 Å². The molecule has 0 radical (unpaired) electrons. The number of hydrogen-bond acceptors (Lipinski definition) is 2. The number of methoxy groups -OCH3 is 1. The lowest BCUT2D eigenvalue weighted by molar-refractivity contribution is 0.140. The molecule has 0 fully saturated rings. The Balaban J connectivity index is 3.10. The molecule has 2 nitrogen and oxygen atoms in total. The van der Waals surface area contributed by atoms with Crippen LogP contribution in [0.5, 0.6) is 5.75 Å². The van der Waals surface area contributed by atoms with Crippen molar-refractivity contribution in [3.05, 3.63) is 41.4 Å². The summed E-state index contributed by atoms with van der Waals surface area (Å²) in [6.07, 6.45) is 1.28. The lowest BCUT2D eigenvalue weighted by Gasteiger charge is -2.12. The van der Waals surface area contributed by atoms with E-state index in [2.05, 4.69) is 6.58 Å². The number of hydrogen-bond donors (Lipinski definition) is 1. The smallest absolute Gasteiger partial charge is 0.121 e. The maximum atomic E-state index is 9.48. The van der Waals surface area contributed by atoms with Gasteiger partial charge in [-0.05, 0) is 18.2 Å². The first-order chi connectivity index (χ1) is 6.19. The van der Waals surface area contributed by atoms with Gasteiger partial charge in [-0.3, -0.25) is 0 Å². The molecule has 1 aromatic carbocycles. The Bertz CT molecular complexity index is 310. The molecule has 1 unspecified atom stereocenters. The van der Waals surface area contributed by atoms with Crippen LogP contribution in [0.4, 0.5) is 0 Å². The Morgan fingerprint density at radius 1 is 1.62 bits per heavy atom. The molecular formula is C10H11ClO2. The molecule has 1 N–H and O–H groups in total. The lowest BCUT2D eigenvalue weighted by atomic mass is 10.1. The van der Waals surface area contributed by atoms with E-state index in [1.54, 1.807) is 25.3 Å². The predicted molar refractivity (Wildman–Crippen MR) is 53.1 cm³/mol. The van der Waals surface area contributed by atoms with Gasteiger partial charge in [0.1, 0.15) is 11.9 Å². The first kappa shape index (κ1) is 10.1. The standard InChI is InChI=1S/C10H11ClO2/c1-3-10(13-2)8-6-7(11)4-5-9(8)12/h3-6,10,12H,1H2,2H3. The number of ether oxygens (including phenoxy) is 1. The van der Waals surface area contributed by atoms with Crippen molar-refractivity contribution in [2.24, 2.45) is 0 Å². The monoisotopic (exact) mass is 198 g/mol. The quantitative estimate of drug-likeness (QED) is 0.757. The second-order valence-corrected chi connectivity index (χ2v) is 3.03. The number of rotatable bonds is 3. The van der Waals surface area contributed by atoms with Crippen molar-refractivity contribution in [1.29, 1.82) is 0 Å². The van der Waals surface area contributed by atoms with Gasteiger partial charge in [-0.1, -0.05) is 17.7 Å². The van der Waals surface area contributed by atoms with Crippen LogP contribution in [0, 0.1) is 0 Å². The minimum absolute atomic E-state index is 0.163. The van der Waals surface area contributed by atoms with Crippen molar-refractivity contribution in [3.63, 3.8) is 0 Å². The molecule has 0 spiro atoms. The number of aromatic hydroxyl groups is 1. The van der Waals surface area contributed by atoms with E-state index in [9.17, 15) is 5.11 Å². The second kappa shape index (κ2) is 4.30. The Morgan fingerprint density at radius 3 is 2.85 bits per heavy atom. The first-order valence-electron chi connectivity index (χ1n) is 3.82. The third kappa shape index (κ3) is 2.23.